The molecule has 6 heteroatoms. The standard InChI is InChI=1S/C21H25NO5/c1-4-26-18-8-5-6-9-19(18)27-11-7-10-20(23)22-17-13-16(21(24)25)14(2)12-15(17)3/h5-6,8-9,12-13H,4,7,10-11H2,1-3H3,(H,22,23)(H,24,25). The fourth-order valence-electron chi connectivity index (χ4n) is 2.69. The molecule has 2 aromatic rings. The van der Waals surface area contributed by atoms with Crippen molar-refractivity contribution >= 4 is 17.6 Å². The number of benzene rings is 2. The van der Waals surface area contributed by atoms with Gasteiger partial charge in [0.1, 0.15) is 0 Å². The lowest BCUT2D eigenvalue weighted by molar-refractivity contribution is -0.116. The Morgan fingerprint density at radius 1 is 1.04 bits per heavy atom. The third-order valence-corrected chi connectivity index (χ3v) is 4.03. The summed E-state index contributed by atoms with van der Waals surface area (Å²) in [5.41, 5.74) is 2.20. The number of aryl methyl sites for hydroxylation is 2. The second-order valence-corrected chi connectivity index (χ2v) is 6.17. The van der Waals surface area contributed by atoms with E-state index in [0.717, 1.165) is 5.56 Å². The minimum atomic E-state index is -1.01. The number of ether oxygens (including phenoxy) is 2. The number of anilines is 1. The number of hydrogen-bond donors (Lipinski definition) is 2. The van der Waals surface area contributed by atoms with Crippen molar-refractivity contribution in [2.75, 3.05) is 18.5 Å². The van der Waals surface area contributed by atoms with Gasteiger partial charge in [0.25, 0.3) is 0 Å². The Morgan fingerprint density at radius 2 is 1.70 bits per heavy atom. The molecule has 6 nitrogen and oxygen atoms in total. The van der Waals surface area contributed by atoms with E-state index in [4.69, 9.17) is 9.47 Å². The minimum absolute atomic E-state index is 0.181. The SMILES string of the molecule is CCOc1ccccc1OCCCC(=O)Nc1cc(C(=O)O)c(C)cc1C. The highest BCUT2D eigenvalue weighted by Gasteiger charge is 2.12. The van der Waals surface area contributed by atoms with Crippen LogP contribution in [0, 0.1) is 13.8 Å². The maximum atomic E-state index is 12.2. The van der Waals surface area contributed by atoms with Crippen molar-refractivity contribution in [1.82, 2.24) is 0 Å². The zero-order valence-electron chi connectivity index (χ0n) is 15.9. The van der Waals surface area contributed by atoms with E-state index in [1.807, 2.05) is 38.1 Å². The summed E-state index contributed by atoms with van der Waals surface area (Å²) in [6.07, 6.45) is 0.801. The first kappa shape index (κ1) is 20.3. The predicted molar refractivity (Wildman–Crippen MR) is 104 cm³/mol. The molecular formula is C21H25NO5. The second-order valence-electron chi connectivity index (χ2n) is 6.17. The Kier molecular flexibility index (Phi) is 7.23. The van der Waals surface area contributed by atoms with Crippen molar-refractivity contribution in [1.29, 1.82) is 0 Å². The van der Waals surface area contributed by atoms with E-state index in [0.29, 0.717) is 42.4 Å². The van der Waals surface area contributed by atoms with Gasteiger partial charge in [-0.05, 0) is 56.5 Å². The molecule has 144 valence electrons. The number of carboxylic acid groups (broad SMARTS) is 1. The smallest absolute Gasteiger partial charge is 0.336 e. The van der Waals surface area contributed by atoms with E-state index in [1.165, 1.54) is 6.07 Å². The lowest BCUT2D eigenvalue weighted by atomic mass is 10.0. The van der Waals surface area contributed by atoms with Gasteiger partial charge in [-0.2, -0.15) is 0 Å². The summed E-state index contributed by atoms with van der Waals surface area (Å²) < 4.78 is 11.2. The molecule has 0 unspecified atom stereocenters. The summed E-state index contributed by atoms with van der Waals surface area (Å²) in [5.74, 6) is 0.144. The molecule has 0 aliphatic heterocycles. The van der Waals surface area contributed by atoms with Gasteiger partial charge >= 0.3 is 5.97 Å². The zero-order chi connectivity index (χ0) is 19.8. The first-order valence-corrected chi connectivity index (χ1v) is 8.91. The molecule has 0 bridgehead atoms. The van der Waals surface area contributed by atoms with Crippen LogP contribution < -0.4 is 14.8 Å². The number of nitrogens with one attached hydrogen (secondary N) is 1. The molecule has 0 spiro atoms. The van der Waals surface area contributed by atoms with Gasteiger partial charge in [0.2, 0.25) is 5.91 Å². The number of aromatic carboxylic acids is 1. The second kappa shape index (κ2) is 9.62. The summed E-state index contributed by atoms with van der Waals surface area (Å²) in [5, 5.41) is 12.0. The molecule has 0 fully saturated rings. The van der Waals surface area contributed by atoms with Gasteiger partial charge in [-0.3, -0.25) is 4.79 Å². The van der Waals surface area contributed by atoms with Crippen LogP contribution in [-0.2, 0) is 4.79 Å². The van der Waals surface area contributed by atoms with Crippen LogP contribution in [0.15, 0.2) is 36.4 Å². The van der Waals surface area contributed by atoms with Gasteiger partial charge in [0, 0.05) is 12.1 Å². The molecule has 2 N–H and O–H groups in total. The molecule has 0 radical (unpaired) electrons. The highest BCUT2D eigenvalue weighted by Crippen LogP contribution is 2.26. The first-order valence-electron chi connectivity index (χ1n) is 8.91. The topological polar surface area (TPSA) is 84.9 Å². The Balaban J connectivity index is 1.87. The number of para-hydroxylation sites is 2. The van der Waals surface area contributed by atoms with Crippen LogP contribution in [0.4, 0.5) is 5.69 Å². The summed E-state index contributed by atoms with van der Waals surface area (Å²) in [4.78, 5) is 23.4. The van der Waals surface area contributed by atoms with Crippen LogP contribution in [0.3, 0.4) is 0 Å². The number of amides is 1. The maximum Gasteiger partial charge on any atom is 0.336 e. The van der Waals surface area contributed by atoms with E-state index >= 15 is 0 Å². The predicted octanol–water partition coefficient (Wildman–Crippen LogP) is 4.20. The Labute approximate surface area is 159 Å². The third-order valence-electron chi connectivity index (χ3n) is 4.03. The molecule has 0 aliphatic carbocycles. The molecule has 0 saturated carbocycles. The summed E-state index contributed by atoms with van der Waals surface area (Å²) in [7, 11) is 0. The van der Waals surface area contributed by atoms with E-state index in [2.05, 4.69) is 5.32 Å². The highest BCUT2D eigenvalue weighted by atomic mass is 16.5. The van der Waals surface area contributed by atoms with Crippen LogP contribution in [-0.4, -0.2) is 30.2 Å². The molecule has 0 heterocycles. The average Bonchev–Trinajstić information content (AvgIpc) is 2.62. The van der Waals surface area contributed by atoms with Crippen LogP contribution in [0.1, 0.15) is 41.3 Å². The van der Waals surface area contributed by atoms with Gasteiger partial charge in [-0.15, -0.1) is 0 Å². The highest BCUT2D eigenvalue weighted by molar-refractivity contribution is 5.95. The normalized spacial score (nSPS) is 10.3. The van der Waals surface area contributed by atoms with Crippen molar-refractivity contribution in [3.8, 4) is 11.5 Å². The Hall–Kier alpha value is -3.02. The quantitative estimate of drug-likeness (QED) is 0.646. The number of hydrogen-bond acceptors (Lipinski definition) is 4. The van der Waals surface area contributed by atoms with Crippen molar-refractivity contribution in [2.24, 2.45) is 0 Å². The number of rotatable bonds is 9. The van der Waals surface area contributed by atoms with Gasteiger partial charge in [-0.25, -0.2) is 4.79 Å². The van der Waals surface area contributed by atoms with Crippen molar-refractivity contribution < 1.29 is 24.2 Å². The summed E-state index contributed by atoms with van der Waals surface area (Å²) in [6.45, 7) is 6.41. The van der Waals surface area contributed by atoms with Crippen LogP contribution in [0.5, 0.6) is 11.5 Å². The Bertz CT molecular complexity index is 816. The summed E-state index contributed by atoms with van der Waals surface area (Å²) >= 11 is 0. The number of carbonyl (C=O) groups excluding carboxylic acids is 1. The van der Waals surface area contributed by atoms with E-state index in [1.54, 1.807) is 13.0 Å². The fraction of sp³-hybridized carbons (Fsp3) is 0.333. The van der Waals surface area contributed by atoms with Crippen molar-refractivity contribution in [3.05, 3.63) is 53.1 Å². The molecule has 2 aromatic carbocycles. The molecule has 27 heavy (non-hydrogen) atoms. The number of carbonyl (C=O) groups is 2. The van der Waals surface area contributed by atoms with Crippen LogP contribution in [0.25, 0.3) is 0 Å². The Morgan fingerprint density at radius 3 is 2.33 bits per heavy atom. The fourth-order valence-corrected chi connectivity index (χ4v) is 2.69. The average molecular weight is 371 g/mol. The van der Waals surface area contributed by atoms with Crippen molar-refractivity contribution in [3.63, 3.8) is 0 Å². The third kappa shape index (κ3) is 5.74. The minimum Gasteiger partial charge on any atom is -0.490 e. The van der Waals surface area contributed by atoms with Gasteiger partial charge < -0.3 is 19.9 Å². The number of carboxylic acids is 1. The van der Waals surface area contributed by atoms with Crippen molar-refractivity contribution in [2.45, 2.75) is 33.6 Å². The molecule has 0 atom stereocenters. The lowest BCUT2D eigenvalue weighted by Gasteiger charge is -2.13. The molecule has 1 amide bonds. The van der Waals surface area contributed by atoms with Gasteiger partial charge in [0.15, 0.2) is 11.5 Å². The van der Waals surface area contributed by atoms with E-state index < -0.39 is 5.97 Å². The molecular weight excluding hydrogens is 346 g/mol. The van der Waals surface area contributed by atoms with Crippen LogP contribution in [0.2, 0.25) is 0 Å². The molecule has 0 aromatic heterocycles. The lowest BCUT2D eigenvalue weighted by Crippen LogP contribution is -2.14. The van der Waals surface area contributed by atoms with Gasteiger partial charge in [0.05, 0.1) is 18.8 Å². The maximum absolute atomic E-state index is 12.2. The first-order chi connectivity index (χ1) is 12.9. The molecule has 0 saturated heterocycles. The largest absolute Gasteiger partial charge is 0.490 e. The molecule has 2 rings (SSSR count). The van der Waals surface area contributed by atoms with E-state index in [-0.39, 0.29) is 17.9 Å². The van der Waals surface area contributed by atoms with Crippen LogP contribution >= 0.6 is 0 Å². The van der Waals surface area contributed by atoms with E-state index in [9.17, 15) is 14.7 Å². The van der Waals surface area contributed by atoms with Gasteiger partial charge in [-0.1, -0.05) is 18.2 Å². The summed E-state index contributed by atoms with van der Waals surface area (Å²) in [6, 6.07) is 10.7. The monoisotopic (exact) mass is 371 g/mol. The zero-order valence-corrected chi connectivity index (χ0v) is 15.9. The molecule has 0 aliphatic rings.